The summed E-state index contributed by atoms with van der Waals surface area (Å²) in [5, 5.41) is 8.05. The van der Waals surface area contributed by atoms with Crippen molar-refractivity contribution in [3.05, 3.63) is 5.01 Å². The lowest BCUT2D eigenvalue weighted by atomic mass is 10.8. The zero-order chi connectivity index (χ0) is 9.19. The normalized spacial score (nSPS) is 11.7. The number of rotatable bonds is 2. The van der Waals surface area contributed by atoms with Gasteiger partial charge in [-0.1, -0.05) is 51.2 Å². The summed E-state index contributed by atoms with van der Waals surface area (Å²) < 4.78 is 3.54. The smallest absolute Gasteiger partial charge is 0.294 e. The minimum atomic E-state index is -1.51. The molecule has 0 saturated heterocycles. The van der Waals surface area contributed by atoms with Gasteiger partial charge in [-0.25, -0.2) is 0 Å². The number of halogens is 3. The summed E-state index contributed by atoms with van der Waals surface area (Å²) in [5.74, 6) is 0. The van der Waals surface area contributed by atoms with Crippen molar-refractivity contribution < 1.29 is 4.74 Å². The Kier molecular flexibility index (Phi) is 3.40. The molecule has 0 N–H and O–H groups in total. The lowest BCUT2D eigenvalue weighted by molar-refractivity contribution is 0.335. The van der Waals surface area contributed by atoms with Gasteiger partial charge < -0.3 is 4.74 Å². The van der Waals surface area contributed by atoms with E-state index in [2.05, 4.69) is 10.2 Å². The Morgan fingerprint density at radius 3 is 2.50 bits per heavy atom. The molecule has 0 aliphatic carbocycles. The van der Waals surface area contributed by atoms with Gasteiger partial charge in [-0.2, -0.15) is 0 Å². The van der Waals surface area contributed by atoms with Gasteiger partial charge in [0.25, 0.3) is 5.19 Å². The Balaban J connectivity index is 2.77. The molecule has 1 aromatic heterocycles. The maximum Gasteiger partial charge on any atom is 0.294 e. The third-order valence-corrected chi connectivity index (χ3v) is 2.75. The molecular formula is C5H5Cl3N2OS. The molecule has 0 saturated carbocycles. The van der Waals surface area contributed by atoms with Crippen molar-refractivity contribution >= 4 is 46.1 Å². The van der Waals surface area contributed by atoms with Crippen molar-refractivity contribution in [2.45, 2.75) is 10.7 Å². The highest BCUT2D eigenvalue weighted by atomic mass is 35.6. The molecule has 0 radical (unpaired) electrons. The molecule has 1 heterocycles. The summed E-state index contributed by atoms with van der Waals surface area (Å²) in [4.78, 5) is 0. The van der Waals surface area contributed by atoms with Crippen LogP contribution in [0.3, 0.4) is 0 Å². The van der Waals surface area contributed by atoms with E-state index in [1.165, 1.54) is 0 Å². The molecule has 0 spiro atoms. The molecule has 0 amide bonds. The molecule has 3 nitrogen and oxygen atoms in total. The fourth-order valence-corrected chi connectivity index (χ4v) is 1.59. The molecule has 1 rings (SSSR count). The average Bonchev–Trinajstić information content (AvgIpc) is 2.35. The molecule has 68 valence electrons. The van der Waals surface area contributed by atoms with E-state index in [9.17, 15) is 0 Å². The second-order valence-electron chi connectivity index (χ2n) is 1.80. The molecule has 0 aliphatic rings. The van der Waals surface area contributed by atoms with Crippen molar-refractivity contribution in [1.29, 1.82) is 0 Å². The molecule has 0 fully saturated rings. The van der Waals surface area contributed by atoms with Gasteiger partial charge in [0.2, 0.25) is 3.79 Å². The first-order valence-electron chi connectivity index (χ1n) is 3.07. The lowest BCUT2D eigenvalue weighted by Crippen LogP contribution is -1.98. The van der Waals surface area contributed by atoms with Crippen LogP contribution in [0.1, 0.15) is 11.9 Å². The Labute approximate surface area is 88.6 Å². The summed E-state index contributed by atoms with van der Waals surface area (Å²) in [6.07, 6.45) is 0. The molecule has 7 heteroatoms. The topological polar surface area (TPSA) is 35.0 Å². The number of hydrogen-bond acceptors (Lipinski definition) is 4. The first-order valence-corrected chi connectivity index (χ1v) is 5.02. The summed E-state index contributed by atoms with van der Waals surface area (Å²) in [7, 11) is 0. The maximum atomic E-state index is 5.56. The number of nitrogens with zero attached hydrogens (tertiary/aromatic N) is 2. The van der Waals surface area contributed by atoms with Crippen LogP contribution in [0.5, 0.6) is 5.19 Å². The Bertz CT molecular complexity index is 259. The van der Waals surface area contributed by atoms with Gasteiger partial charge in [-0.15, -0.1) is 5.10 Å². The van der Waals surface area contributed by atoms with Gasteiger partial charge in [-0.3, -0.25) is 0 Å². The fourth-order valence-electron chi connectivity index (χ4n) is 0.506. The number of ether oxygens (including phenoxy) is 1. The van der Waals surface area contributed by atoms with Crippen LogP contribution in [-0.4, -0.2) is 16.8 Å². The second-order valence-corrected chi connectivity index (χ2v) is 5.03. The Morgan fingerprint density at radius 2 is 2.08 bits per heavy atom. The van der Waals surface area contributed by atoms with E-state index >= 15 is 0 Å². The minimum absolute atomic E-state index is 0.316. The minimum Gasteiger partial charge on any atom is -0.469 e. The molecule has 12 heavy (non-hydrogen) atoms. The van der Waals surface area contributed by atoms with Gasteiger partial charge in [-0.05, 0) is 6.92 Å². The molecule has 0 aliphatic heterocycles. The van der Waals surface area contributed by atoms with Crippen LogP contribution >= 0.6 is 46.1 Å². The highest BCUT2D eigenvalue weighted by Crippen LogP contribution is 2.40. The highest BCUT2D eigenvalue weighted by Gasteiger charge is 2.28. The van der Waals surface area contributed by atoms with Gasteiger partial charge in [0.1, 0.15) is 0 Å². The quantitative estimate of drug-likeness (QED) is 0.754. The van der Waals surface area contributed by atoms with E-state index in [1.54, 1.807) is 0 Å². The third-order valence-electron chi connectivity index (χ3n) is 0.917. The predicted octanol–water partition coefficient (Wildman–Crippen LogP) is 2.76. The molecule has 0 unspecified atom stereocenters. The predicted molar refractivity (Wildman–Crippen MR) is 50.3 cm³/mol. The molecule has 1 aromatic rings. The maximum absolute atomic E-state index is 5.56. The highest BCUT2D eigenvalue weighted by molar-refractivity contribution is 7.14. The summed E-state index contributed by atoms with van der Waals surface area (Å²) in [6, 6.07) is 0. The van der Waals surface area contributed by atoms with Crippen LogP contribution in [0.4, 0.5) is 0 Å². The summed E-state index contributed by atoms with van der Waals surface area (Å²) in [6.45, 7) is 2.37. The average molecular weight is 248 g/mol. The monoisotopic (exact) mass is 246 g/mol. The second kappa shape index (κ2) is 3.96. The van der Waals surface area contributed by atoms with E-state index in [-0.39, 0.29) is 0 Å². The van der Waals surface area contributed by atoms with Gasteiger partial charge in [0, 0.05) is 0 Å². The Morgan fingerprint density at radius 1 is 1.42 bits per heavy atom. The van der Waals surface area contributed by atoms with Crippen molar-refractivity contribution in [2.75, 3.05) is 6.61 Å². The lowest BCUT2D eigenvalue weighted by Gasteiger charge is -2.02. The molecule has 0 bridgehead atoms. The summed E-state index contributed by atoms with van der Waals surface area (Å²) in [5.41, 5.74) is 0. The third kappa shape index (κ3) is 2.62. The molecule has 0 aromatic carbocycles. The number of aromatic nitrogens is 2. The van der Waals surface area contributed by atoms with E-state index < -0.39 is 3.79 Å². The standard InChI is InChI=1S/C5H5Cl3N2OS/c1-2-11-4-10-9-3(12-4)5(6,7)8/h2H2,1H3. The van der Waals surface area contributed by atoms with Crippen molar-refractivity contribution in [2.24, 2.45) is 0 Å². The first kappa shape index (κ1) is 10.3. The van der Waals surface area contributed by atoms with Crippen molar-refractivity contribution in [3.8, 4) is 5.19 Å². The van der Waals surface area contributed by atoms with Crippen molar-refractivity contribution in [1.82, 2.24) is 10.2 Å². The largest absolute Gasteiger partial charge is 0.469 e. The van der Waals surface area contributed by atoms with Crippen LogP contribution in [0, 0.1) is 0 Å². The zero-order valence-corrected chi connectivity index (χ0v) is 9.14. The van der Waals surface area contributed by atoms with Crippen LogP contribution in [0.15, 0.2) is 0 Å². The van der Waals surface area contributed by atoms with E-state index in [4.69, 9.17) is 39.5 Å². The van der Waals surface area contributed by atoms with Crippen molar-refractivity contribution in [3.63, 3.8) is 0 Å². The van der Waals surface area contributed by atoms with Gasteiger partial charge in [0.05, 0.1) is 6.61 Å². The van der Waals surface area contributed by atoms with Crippen LogP contribution in [0.25, 0.3) is 0 Å². The summed E-state index contributed by atoms with van der Waals surface area (Å²) >= 11 is 17.8. The number of alkyl halides is 3. The number of hydrogen-bond donors (Lipinski definition) is 0. The van der Waals surface area contributed by atoms with Gasteiger partial charge in [0.15, 0.2) is 5.01 Å². The SMILES string of the molecule is CCOc1nnc(C(Cl)(Cl)Cl)s1. The van der Waals surface area contributed by atoms with Crippen LogP contribution in [-0.2, 0) is 3.79 Å². The van der Waals surface area contributed by atoms with Gasteiger partial charge >= 0.3 is 0 Å². The van der Waals surface area contributed by atoms with E-state index in [0.717, 1.165) is 11.3 Å². The van der Waals surface area contributed by atoms with E-state index in [1.807, 2.05) is 6.92 Å². The fraction of sp³-hybridized carbons (Fsp3) is 0.600. The van der Waals surface area contributed by atoms with Crippen LogP contribution in [0.2, 0.25) is 0 Å². The first-order chi connectivity index (χ1) is 5.54. The Hall–Kier alpha value is 0.230. The van der Waals surface area contributed by atoms with Crippen LogP contribution < -0.4 is 4.74 Å². The molecule has 0 atom stereocenters. The van der Waals surface area contributed by atoms with E-state index in [0.29, 0.717) is 16.8 Å². The molecular weight excluding hydrogens is 242 g/mol. The zero-order valence-electron chi connectivity index (χ0n) is 6.05.